The number of H-pyrrole nitrogens is 1. The highest BCUT2D eigenvalue weighted by Crippen LogP contribution is 2.19. The van der Waals surface area contributed by atoms with Gasteiger partial charge in [0.2, 0.25) is 0 Å². The Morgan fingerprint density at radius 3 is 2.45 bits per heavy atom. The van der Waals surface area contributed by atoms with Crippen LogP contribution in [0.1, 0.15) is 36.8 Å². The Morgan fingerprint density at radius 1 is 1.20 bits per heavy atom. The van der Waals surface area contributed by atoms with E-state index in [0.29, 0.717) is 19.1 Å². The predicted octanol–water partition coefficient (Wildman–Crippen LogP) is 3.86. The molecule has 0 radical (unpaired) electrons. The Balaban J connectivity index is 1.87. The van der Waals surface area contributed by atoms with Gasteiger partial charge in [-0.25, -0.2) is 4.98 Å². The van der Waals surface area contributed by atoms with E-state index in [4.69, 9.17) is 9.47 Å². The van der Waals surface area contributed by atoms with E-state index in [2.05, 4.69) is 46.4 Å². The second-order valence-corrected chi connectivity index (χ2v) is 5.91. The number of nitrogens with one attached hydrogen (secondary N) is 1. The molecule has 4 nitrogen and oxygen atoms in total. The molecule has 20 heavy (non-hydrogen) atoms. The number of hydrogen-bond donors (Lipinski definition) is 1. The lowest BCUT2D eigenvalue weighted by Crippen LogP contribution is -1.96. The number of rotatable bonds is 6. The summed E-state index contributed by atoms with van der Waals surface area (Å²) in [6.45, 7) is 5.36. The van der Waals surface area contributed by atoms with Crippen molar-refractivity contribution < 1.29 is 9.47 Å². The van der Waals surface area contributed by atoms with Crippen molar-refractivity contribution in [2.75, 3.05) is 7.11 Å². The molecule has 5 heteroatoms. The van der Waals surface area contributed by atoms with Crippen molar-refractivity contribution in [3.8, 4) is 5.75 Å². The van der Waals surface area contributed by atoms with E-state index in [1.54, 1.807) is 7.11 Å². The number of hydrogen-bond acceptors (Lipinski definition) is 3. The van der Waals surface area contributed by atoms with Gasteiger partial charge in [-0.2, -0.15) is 0 Å². The first kappa shape index (κ1) is 15.3. The Bertz CT molecular complexity index is 550. The Morgan fingerprint density at radius 2 is 1.90 bits per heavy atom. The zero-order valence-electron chi connectivity index (χ0n) is 11.9. The normalized spacial score (nSPS) is 11.1. The summed E-state index contributed by atoms with van der Waals surface area (Å²) in [5.74, 6) is 2.19. The molecule has 0 aliphatic carbocycles. The third kappa shape index (κ3) is 3.96. The van der Waals surface area contributed by atoms with Gasteiger partial charge >= 0.3 is 0 Å². The fourth-order valence-electron chi connectivity index (χ4n) is 1.85. The van der Waals surface area contributed by atoms with Crippen LogP contribution in [-0.4, -0.2) is 17.1 Å². The quantitative estimate of drug-likeness (QED) is 0.767. The molecule has 0 aliphatic heterocycles. The van der Waals surface area contributed by atoms with Gasteiger partial charge in [-0.3, -0.25) is 0 Å². The van der Waals surface area contributed by atoms with Gasteiger partial charge in [0.1, 0.15) is 21.9 Å². The minimum Gasteiger partial charge on any atom is -0.497 e. The van der Waals surface area contributed by atoms with Gasteiger partial charge in [-0.1, -0.05) is 26.0 Å². The van der Waals surface area contributed by atoms with E-state index in [1.807, 2.05) is 24.3 Å². The van der Waals surface area contributed by atoms with Gasteiger partial charge in [0.05, 0.1) is 19.4 Å². The van der Waals surface area contributed by atoms with Crippen LogP contribution in [0, 0.1) is 3.70 Å². The number of methoxy groups -OCH3 is 1. The Hall–Kier alpha value is -1.08. The summed E-state index contributed by atoms with van der Waals surface area (Å²) < 4.78 is 11.8. The van der Waals surface area contributed by atoms with Crippen molar-refractivity contribution in [1.82, 2.24) is 9.97 Å². The van der Waals surface area contributed by atoms with Crippen molar-refractivity contribution >= 4 is 22.6 Å². The molecule has 0 aliphatic rings. The van der Waals surface area contributed by atoms with E-state index in [0.717, 1.165) is 20.8 Å². The van der Waals surface area contributed by atoms with Crippen LogP contribution in [0.2, 0.25) is 0 Å². The lowest BCUT2D eigenvalue weighted by molar-refractivity contribution is 0.102. The summed E-state index contributed by atoms with van der Waals surface area (Å²) in [6, 6.07) is 7.88. The van der Waals surface area contributed by atoms with Crippen LogP contribution in [0.4, 0.5) is 0 Å². The number of halogens is 1. The standard InChI is InChI=1S/C15H19IN2O2/c1-10(2)14-15(16)18-13(17-14)9-20-8-11-4-6-12(19-3)7-5-11/h4-7,10H,8-9H2,1-3H3,(H,17,18). The molecule has 2 rings (SSSR count). The fraction of sp³-hybridized carbons (Fsp3) is 0.400. The highest BCUT2D eigenvalue weighted by molar-refractivity contribution is 14.1. The van der Waals surface area contributed by atoms with Crippen molar-refractivity contribution in [1.29, 1.82) is 0 Å². The van der Waals surface area contributed by atoms with E-state index in [1.165, 1.54) is 5.69 Å². The van der Waals surface area contributed by atoms with Crippen LogP contribution in [0.3, 0.4) is 0 Å². The summed E-state index contributed by atoms with van der Waals surface area (Å²) in [7, 11) is 1.66. The molecule has 0 fully saturated rings. The maximum Gasteiger partial charge on any atom is 0.133 e. The summed E-state index contributed by atoms with van der Waals surface area (Å²) in [5, 5.41) is 0. The second kappa shape index (κ2) is 7.08. The van der Waals surface area contributed by atoms with Crippen LogP contribution in [0.15, 0.2) is 24.3 Å². The zero-order chi connectivity index (χ0) is 14.5. The van der Waals surface area contributed by atoms with Gasteiger partial charge in [-0.15, -0.1) is 0 Å². The fourth-order valence-corrected chi connectivity index (χ4v) is 2.90. The monoisotopic (exact) mass is 386 g/mol. The molecule has 0 unspecified atom stereocenters. The molecule has 0 atom stereocenters. The summed E-state index contributed by atoms with van der Waals surface area (Å²) >= 11 is 2.26. The Kier molecular flexibility index (Phi) is 5.42. The molecule has 0 amide bonds. The highest BCUT2D eigenvalue weighted by atomic mass is 127. The van der Waals surface area contributed by atoms with Gasteiger partial charge in [-0.05, 0) is 46.2 Å². The van der Waals surface area contributed by atoms with Gasteiger partial charge in [0.25, 0.3) is 0 Å². The largest absolute Gasteiger partial charge is 0.497 e. The van der Waals surface area contributed by atoms with Crippen LogP contribution < -0.4 is 4.74 Å². The molecular formula is C15H19IN2O2. The molecule has 1 heterocycles. The molecule has 0 saturated heterocycles. The molecule has 0 saturated carbocycles. The number of aromatic amines is 1. The van der Waals surface area contributed by atoms with Gasteiger partial charge < -0.3 is 14.5 Å². The van der Waals surface area contributed by atoms with E-state index in [9.17, 15) is 0 Å². The maximum atomic E-state index is 5.69. The summed E-state index contributed by atoms with van der Waals surface area (Å²) in [4.78, 5) is 7.80. The van der Waals surface area contributed by atoms with Gasteiger partial charge in [0.15, 0.2) is 0 Å². The van der Waals surface area contributed by atoms with Crippen molar-refractivity contribution in [2.24, 2.45) is 0 Å². The second-order valence-electron chi connectivity index (χ2n) is 4.88. The number of nitrogens with zero attached hydrogens (tertiary/aromatic N) is 1. The number of ether oxygens (including phenoxy) is 2. The zero-order valence-corrected chi connectivity index (χ0v) is 14.1. The SMILES string of the molecule is COc1ccc(COCc2nc(I)c(C(C)C)[nH]2)cc1. The smallest absolute Gasteiger partial charge is 0.133 e. The van der Waals surface area contributed by atoms with Crippen molar-refractivity contribution in [3.05, 3.63) is 45.0 Å². The van der Waals surface area contributed by atoms with E-state index >= 15 is 0 Å². The van der Waals surface area contributed by atoms with E-state index in [-0.39, 0.29) is 0 Å². The Labute approximate surface area is 133 Å². The number of imidazole rings is 1. The topological polar surface area (TPSA) is 47.1 Å². The highest BCUT2D eigenvalue weighted by Gasteiger charge is 2.10. The minimum atomic E-state index is 0.449. The first-order valence-corrected chi connectivity index (χ1v) is 7.63. The van der Waals surface area contributed by atoms with E-state index < -0.39 is 0 Å². The van der Waals surface area contributed by atoms with Crippen molar-refractivity contribution in [2.45, 2.75) is 33.0 Å². The van der Waals surface area contributed by atoms with Crippen LogP contribution in [0.25, 0.3) is 0 Å². The minimum absolute atomic E-state index is 0.449. The molecule has 0 spiro atoms. The van der Waals surface area contributed by atoms with Crippen LogP contribution >= 0.6 is 22.6 Å². The molecule has 1 aromatic carbocycles. The maximum absolute atomic E-state index is 5.69. The summed E-state index contributed by atoms with van der Waals surface area (Å²) in [5.41, 5.74) is 2.30. The lowest BCUT2D eigenvalue weighted by atomic mass is 10.2. The lowest BCUT2D eigenvalue weighted by Gasteiger charge is -2.04. The molecule has 0 bridgehead atoms. The molecular weight excluding hydrogens is 367 g/mol. The average Bonchev–Trinajstić information content (AvgIpc) is 2.81. The van der Waals surface area contributed by atoms with Crippen molar-refractivity contribution in [3.63, 3.8) is 0 Å². The number of aromatic nitrogens is 2. The van der Waals surface area contributed by atoms with Crippen LogP contribution in [-0.2, 0) is 18.0 Å². The molecule has 1 aromatic heterocycles. The molecule has 108 valence electrons. The first-order chi connectivity index (χ1) is 9.60. The summed E-state index contributed by atoms with van der Waals surface area (Å²) in [6.07, 6.45) is 0. The molecule has 1 N–H and O–H groups in total. The first-order valence-electron chi connectivity index (χ1n) is 6.55. The average molecular weight is 386 g/mol. The predicted molar refractivity (Wildman–Crippen MR) is 86.9 cm³/mol. The third-order valence-electron chi connectivity index (χ3n) is 2.98. The number of benzene rings is 1. The van der Waals surface area contributed by atoms with Gasteiger partial charge in [0, 0.05) is 0 Å². The third-order valence-corrected chi connectivity index (χ3v) is 3.80. The molecule has 2 aromatic rings. The van der Waals surface area contributed by atoms with Crippen LogP contribution in [0.5, 0.6) is 5.75 Å².